The van der Waals surface area contributed by atoms with Gasteiger partial charge >= 0.3 is 5.97 Å². The number of aromatic nitrogens is 1. The van der Waals surface area contributed by atoms with Crippen molar-refractivity contribution in [1.29, 1.82) is 0 Å². The summed E-state index contributed by atoms with van der Waals surface area (Å²) in [7, 11) is 0. The van der Waals surface area contributed by atoms with Crippen LogP contribution in [0.3, 0.4) is 0 Å². The molecule has 0 spiro atoms. The maximum Gasteiger partial charge on any atom is 0.354 e. The Hall–Kier alpha value is -4.01. The van der Waals surface area contributed by atoms with Gasteiger partial charge in [0.25, 0.3) is 17.4 Å². The Balaban J connectivity index is 1.19. The van der Waals surface area contributed by atoms with Gasteiger partial charge in [0.05, 0.1) is 23.3 Å². The number of ether oxygens (including phenoxy) is 2. The lowest BCUT2D eigenvalue weighted by atomic mass is 9.69. The van der Waals surface area contributed by atoms with E-state index in [1.54, 1.807) is 26.0 Å². The van der Waals surface area contributed by atoms with Crippen LogP contribution in [0.4, 0.5) is 5.13 Å². The number of benzene rings is 1. The molecule has 2 amide bonds. The number of nitrogens with two attached hydrogens (primary N) is 3. The molecule has 258 valence electrons. The fourth-order valence-electron chi connectivity index (χ4n) is 6.54. The lowest BCUT2D eigenvalue weighted by Gasteiger charge is -2.50. The van der Waals surface area contributed by atoms with Crippen molar-refractivity contribution in [3.05, 3.63) is 40.4 Å². The van der Waals surface area contributed by atoms with Gasteiger partial charge < -0.3 is 46.5 Å². The largest absolute Gasteiger partial charge is 0.485 e. The van der Waals surface area contributed by atoms with Crippen molar-refractivity contribution in [1.82, 2.24) is 15.4 Å². The molecule has 2 bridgehead atoms. The lowest BCUT2D eigenvalue weighted by Crippen LogP contribution is -2.76. The van der Waals surface area contributed by atoms with E-state index in [4.69, 9.17) is 45.3 Å². The topological polar surface area (TPSA) is 260 Å². The van der Waals surface area contributed by atoms with Crippen molar-refractivity contribution >= 4 is 58.1 Å². The van der Waals surface area contributed by atoms with Crippen molar-refractivity contribution in [2.45, 2.75) is 80.9 Å². The Labute approximate surface area is 283 Å². The number of aliphatic carboxylic acids is 1. The van der Waals surface area contributed by atoms with Gasteiger partial charge in [0.1, 0.15) is 23.3 Å². The number of hydroxylamine groups is 2. The molecule has 9 N–H and O–H groups in total. The van der Waals surface area contributed by atoms with Crippen molar-refractivity contribution in [3.63, 3.8) is 0 Å². The summed E-state index contributed by atoms with van der Waals surface area (Å²) in [5, 5.41) is 19.3. The van der Waals surface area contributed by atoms with E-state index in [2.05, 4.69) is 15.5 Å². The molecule has 5 heterocycles. The molecule has 0 radical (unpaired) electrons. The minimum absolute atomic E-state index is 0.00681. The fraction of sp³-hybridized carbons (Fsp3) is 0.517. The number of nitrogens with zero attached hydrogens (tertiary/aromatic N) is 4. The number of rotatable bonds is 12. The van der Waals surface area contributed by atoms with Gasteiger partial charge in [-0.05, 0) is 57.4 Å². The minimum Gasteiger partial charge on any atom is -0.485 e. The Morgan fingerprint density at radius 2 is 2.08 bits per heavy atom. The highest BCUT2D eigenvalue weighted by Crippen LogP contribution is 2.53. The third kappa shape index (κ3) is 5.73. The monoisotopic (exact) mass is 704 g/mol. The molecular weight excluding hydrogens is 668 g/mol. The standard InChI is InChI=1S/C29H36N8O9S2/c1-26(2)20(23(39)37(26)46-48-42)34-22(38)19(16-9-47-25(32)33-16)36-45-27(3,24(40)41)18-7-5-14-8-15(4-6-17(14)44-18)21(31)35-28-10-29(11-28,12-30)43-13-28/h4,6,8-9,18,20,42H,5,7,10-13,30H2,1-3H3,(H2,31,35)(H2,32,33)(H,34,38)(H,40,41)/b36-19-. The van der Waals surface area contributed by atoms with Gasteiger partial charge in [0, 0.05) is 30.3 Å². The highest BCUT2D eigenvalue weighted by atomic mass is 32.2. The second kappa shape index (κ2) is 12.1. The van der Waals surface area contributed by atoms with Crippen molar-refractivity contribution in [3.8, 4) is 5.75 Å². The number of fused-ring (bicyclic) bond motifs is 2. The number of hydrogen-bond acceptors (Lipinski definition) is 15. The Kier molecular flexibility index (Phi) is 8.57. The number of nitrogen functional groups attached to an aromatic ring is 1. The predicted molar refractivity (Wildman–Crippen MR) is 174 cm³/mol. The first-order chi connectivity index (χ1) is 22.7. The molecule has 17 nitrogen and oxygen atoms in total. The summed E-state index contributed by atoms with van der Waals surface area (Å²) in [6.07, 6.45) is 1.11. The third-order valence-electron chi connectivity index (χ3n) is 9.39. The number of hydrogen-bond donors (Lipinski definition) is 6. The van der Waals surface area contributed by atoms with Gasteiger partial charge in [-0.25, -0.2) is 9.78 Å². The van der Waals surface area contributed by atoms with Crippen LogP contribution in [0.5, 0.6) is 5.75 Å². The highest BCUT2D eigenvalue weighted by Gasteiger charge is 2.62. The molecule has 4 fully saturated rings. The van der Waals surface area contributed by atoms with Gasteiger partial charge in [0.2, 0.25) is 0 Å². The Bertz CT molecular complexity index is 1710. The molecule has 3 atom stereocenters. The van der Waals surface area contributed by atoms with Gasteiger partial charge in [-0.2, -0.15) is 9.35 Å². The molecular formula is C29H36N8O9S2. The van der Waals surface area contributed by atoms with Crippen LogP contribution < -0.4 is 27.3 Å². The fourth-order valence-corrected chi connectivity index (χ4v) is 7.42. The van der Waals surface area contributed by atoms with E-state index in [1.807, 2.05) is 6.07 Å². The minimum atomic E-state index is -2.06. The molecule has 1 aliphatic carbocycles. The van der Waals surface area contributed by atoms with Gasteiger partial charge in [-0.15, -0.1) is 11.3 Å². The number of anilines is 1. The molecule has 1 aromatic carbocycles. The van der Waals surface area contributed by atoms with E-state index < -0.39 is 46.8 Å². The van der Waals surface area contributed by atoms with Crippen molar-refractivity contribution in [2.24, 2.45) is 21.6 Å². The second-order valence-electron chi connectivity index (χ2n) is 13.1. The molecule has 3 unspecified atom stereocenters. The van der Waals surface area contributed by atoms with Crippen LogP contribution in [0.2, 0.25) is 0 Å². The van der Waals surface area contributed by atoms with E-state index in [0.29, 0.717) is 36.7 Å². The summed E-state index contributed by atoms with van der Waals surface area (Å²) < 4.78 is 25.8. The summed E-state index contributed by atoms with van der Waals surface area (Å²) in [6, 6.07) is 4.26. The van der Waals surface area contributed by atoms with Crippen LogP contribution >= 0.6 is 23.7 Å². The maximum atomic E-state index is 13.5. The maximum absolute atomic E-state index is 13.5. The molecule has 19 heteroatoms. The van der Waals surface area contributed by atoms with E-state index in [9.17, 15) is 19.5 Å². The number of aliphatic imine (C=N–C) groups is 1. The number of carbonyl (C=O) groups excluding carboxylic acids is 2. The summed E-state index contributed by atoms with van der Waals surface area (Å²) in [4.78, 5) is 53.2. The van der Waals surface area contributed by atoms with E-state index in [0.717, 1.165) is 34.8 Å². The number of carboxylic acid groups (broad SMARTS) is 1. The van der Waals surface area contributed by atoms with E-state index in [-0.39, 0.29) is 40.7 Å². The van der Waals surface area contributed by atoms with Crippen LogP contribution in [0, 0.1) is 0 Å². The number of carbonyl (C=O) groups is 3. The number of oxime groups is 1. The summed E-state index contributed by atoms with van der Waals surface area (Å²) >= 11 is 1.02. The summed E-state index contributed by atoms with van der Waals surface area (Å²) in [5.74, 6) is -2.08. The Morgan fingerprint density at radius 3 is 2.69 bits per heavy atom. The highest BCUT2D eigenvalue weighted by molar-refractivity contribution is 7.88. The smallest absolute Gasteiger partial charge is 0.354 e. The molecule has 4 aliphatic heterocycles. The number of amides is 2. The SMILES string of the molecule is CC(O/N=C(\C(=O)NC1C(=O)N(OSO)C1(C)C)c1csc(N)n1)(C(=O)O)C1CCc2cc(C(N)=NC34COC(CN)(C3)C4)ccc2O1. The molecule has 7 rings (SSSR count). The molecule has 3 saturated heterocycles. The average Bonchev–Trinajstić information content (AvgIpc) is 3.75. The van der Waals surface area contributed by atoms with E-state index in [1.165, 1.54) is 12.3 Å². The molecule has 1 aromatic heterocycles. The van der Waals surface area contributed by atoms with Crippen LogP contribution in [-0.4, -0.2) is 96.6 Å². The summed E-state index contributed by atoms with van der Waals surface area (Å²) in [5.41, 5.74) is 15.4. The number of carboxylic acids is 1. The van der Waals surface area contributed by atoms with Crippen LogP contribution in [0.25, 0.3) is 0 Å². The molecule has 5 aliphatic rings. The van der Waals surface area contributed by atoms with Crippen LogP contribution in [0.1, 0.15) is 56.9 Å². The number of β-lactam (4-membered cyclic amide) rings is 1. The molecule has 48 heavy (non-hydrogen) atoms. The number of aryl methyl sites for hydroxylation is 1. The van der Waals surface area contributed by atoms with Gasteiger partial charge in [0.15, 0.2) is 29.3 Å². The normalized spacial score (nSPS) is 28.8. The van der Waals surface area contributed by atoms with Crippen LogP contribution in [-0.2, 0) is 34.7 Å². The van der Waals surface area contributed by atoms with Gasteiger partial charge in [-0.3, -0.25) is 14.6 Å². The second-order valence-corrected chi connectivity index (χ2v) is 14.3. The third-order valence-corrected chi connectivity index (χ3v) is 10.3. The zero-order valence-electron chi connectivity index (χ0n) is 26.3. The van der Waals surface area contributed by atoms with Crippen molar-refractivity contribution in [2.75, 3.05) is 18.9 Å². The summed E-state index contributed by atoms with van der Waals surface area (Å²) in [6.45, 7) is 5.43. The molecule has 2 aromatic rings. The van der Waals surface area contributed by atoms with Crippen LogP contribution in [0.15, 0.2) is 33.7 Å². The number of nitrogens with one attached hydrogen (secondary N) is 1. The first-order valence-electron chi connectivity index (χ1n) is 15.0. The van der Waals surface area contributed by atoms with Crippen molar-refractivity contribution < 1.29 is 42.6 Å². The predicted octanol–water partition coefficient (Wildman–Crippen LogP) is 0.807. The number of thiazole rings is 1. The Morgan fingerprint density at radius 1 is 1.33 bits per heavy atom. The average molecular weight is 705 g/mol. The van der Waals surface area contributed by atoms with Gasteiger partial charge in [-0.1, -0.05) is 5.16 Å². The molecule has 1 saturated carbocycles. The first kappa shape index (κ1) is 33.9. The lowest BCUT2D eigenvalue weighted by molar-refractivity contribution is -0.214. The number of amidine groups is 1. The quantitative estimate of drug-likeness (QED) is 0.0588. The zero-order chi connectivity index (χ0) is 34.6. The van der Waals surface area contributed by atoms with E-state index >= 15 is 0 Å². The first-order valence-corrected chi connectivity index (χ1v) is 16.6. The zero-order valence-corrected chi connectivity index (χ0v) is 27.9.